The summed E-state index contributed by atoms with van der Waals surface area (Å²) >= 11 is 0. The van der Waals surface area contributed by atoms with Gasteiger partial charge in [0, 0.05) is 11.8 Å². The molecule has 0 atom stereocenters. The van der Waals surface area contributed by atoms with Crippen molar-refractivity contribution in [1.29, 1.82) is 0 Å². The SMILES string of the molecule is Cc1c[nH]c(=O)c(C)c1C(N)=O. The fraction of sp³-hybridized carbons (Fsp3) is 0.250. The van der Waals surface area contributed by atoms with Gasteiger partial charge in [-0.15, -0.1) is 0 Å². The van der Waals surface area contributed by atoms with E-state index in [1.165, 1.54) is 6.20 Å². The van der Waals surface area contributed by atoms with Crippen LogP contribution in [-0.4, -0.2) is 10.9 Å². The molecule has 3 N–H and O–H groups in total. The first-order chi connectivity index (χ1) is 5.54. The maximum Gasteiger partial charge on any atom is 0.251 e. The number of nitrogens with two attached hydrogens (primary N) is 1. The second-order valence-electron chi connectivity index (χ2n) is 2.67. The molecule has 0 saturated carbocycles. The molecule has 0 aliphatic rings. The van der Waals surface area contributed by atoms with Crippen LogP contribution in [0.5, 0.6) is 0 Å². The van der Waals surface area contributed by atoms with Gasteiger partial charge < -0.3 is 10.7 Å². The lowest BCUT2D eigenvalue weighted by Gasteiger charge is -2.02. The van der Waals surface area contributed by atoms with Gasteiger partial charge in [-0.2, -0.15) is 0 Å². The number of hydrogen-bond acceptors (Lipinski definition) is 2. The largest absolute Gasteiger partial charge is 0.366 e. The Morgan fingerprint density at radius 3 is 2.50 bits per heavy atom. The van der Waals surface area contributed by atoms with Gasteiger partial charge in [-0.3, -0.25) is 9.59 Å². The maximum atomic E-state index is 11.0. The minimum atomic E-state index is -0.559. The predicted molar refractivity (Wildman–Crippen MR) is 45.1 cm³/mol. The van der Waals surface area contributed by atoms with Crippen LogP contribution in [0, 0.1) is 13.8 Å². The van der Waals surface area contributed by atoms with Crippen molar-refractivity contribution in [3.63, 3.8) is 0 Å². The third kappa shape index (κ3) is 1.23. The van der Waals surface area contributed by atoms with E-state index in [0.717, 1.165) is 0 Å². The lowest BCUT2D eigenvalue weighted by Crippen LogP contribution is -2.21. The van der Waals surface area contributed by atoms with Crippen molar-refractivity contribution in [2.45, 2.75) is 13.8 Å². The van der Waals surface area contributed by atoms with Crippen LogP contribution in [0.3, 0.4) is 0 Å². The summed E-state index contributed by atoms with van der Waals surface area (Å²) < 4.78 is 0. The van der Waals surface area contributed by atoms with Crippen molar-refractivity contribution in [2.75, 3.05) is 0 Å². The predicted octanol–water partition coefficient (Wildman–Crippen LogP) is 0.0906. The van der Waals surface area contributed by atoms with E-state index in [1.807, 2.05) is 0 Å². The molecular weight excluding hydrogens is 156 g/mol. The van der Waals surface area contributed by atoms with Gasteiger partial charge in [0.2, 0.25) is 5.91 Å². The molecule has 0 bridgehead atoms. The first-order valence-corrected chi connectivity index (χ1v) is 3.52. The third-order valence-electron chi connectivity index (χ3n) is 1.78. The van der Waals surface area contributed by atoms with Crippen molar-refractivity contribution in [3.05, 3.63) is 33.2 Å². The van der Waals surface area contributed by atoms with Crippen LogP contribution in [0.25, 0.3) is 0 Å². The van der Waals surface area contributed by atoms with E-state index in [2.05, 4.69) is 4.98 Å². The topological polar surface area (TPSA) is 75.9 Å². The molecular formula is C8H10N2O2. The lowest BCUT2D eigenvalue weighted by atomic mass is 10.1. The summed E-state index contributed by atoms with van der Waals surface area (Å²) in [5.74, 6) is -0.559. The molecule has 0 fully saturated rings. The summed E-state index contributed by atoms with van der Waals surface area (Å²) in [6.07, 6.45) is 1.48. The fourth-order valence-corrected chi connectivity index (χ4v) is 1.14. The molecule has 1 heterocycles. The number of nitrogens with one attached hydrogen (secondary N) is 1. The molecule has 1 amide bonds. The standard InChI is InChI=1S/C8H10N2O2/c1-4-3-10-8(12)5(2)6(4)7(9)11/h3H,1-2H3,(H2,9,11)(H,10,12). The second-order valence-corrected chi connectivity index (χ2v) is 2.67. The fourth-order valence-electron chi connectivity index (χ4n) is 1.14. The number of carbonyl (C=O) groups excluding carboxylic acids is 1. The first-order valence-electron chi connectivity index (χ1n) is 3.52. The highest BCUT2D eigenvalue weighted by atomic mass is 16.1. The Morgan fingerprint density at radius 2 is 2.08 bits per heavy atom. The van der Waals surface area contributed by atoms with Crippen LogP contribution in [-0.2, 0) is 0 Å². The molecule has 4 heteroatoms. The summed E-state index contributed by atoms with van der Waals surface area (Å²) in [5.41, 5.74) is 6.21. The number of amides is 1. The zero-order valence-corrected chi connectivity index (χ0v) is 6.97. The maximum absolute atomic E-state index is 11.0. The zero-order valence-electron chi connectivity index (χ0n) is 6.97. The van der Waals surface area contributed by atoms with Crippen LogP contribution in [0.15, 0.2) is 11.0 Å². The highest BCUT2D eigenvalue weighted by Crippen LogP contribution is 2.06. The minimum Gasteiger partial charge on any atom is -0.366 e. The number of primary amides is 1. The van der Waals surface area contributed by atoms with Gasteiger partial charge in [-0.25, -0.2) is 0 Å². The minimum absolute atomic E-state index is 0.269. The molecule has 0 spiro atoms. The molecule has 0 aliphatic carbocycles. The molecule has 1 aromatic rings. The number of aryl methyl sites for hydroxylation is 1. The number of hydrogen-bond donors (Lipinski definition) is 2. The van der Waals surface area contributed by atoms with E-state index < -0.39 is 5.91 Å². The number of aromatic amines is 1. The summed E-state index contributed by atoms with van der Waals surface area (Å²) in [5, 5.41) is 0. The highest BCUT2D eigenvalue weighted by molar-refractivity contribution is 5.95. The Labute approximate surface area is 69.4 Å². The Morgan fingerprint density at radius 1 is 1.50 bits per heavy atom. The molecule has 1 aromatic heterocycles. The highest BCUT2D eigenvalue weighted by Gasteiger charge is 2.10. The van der Waals surface area contributed by atoms with Gasteiger partial charge in [-0.05, 0) is 19.4 Å². The van der Waals surface area contributed by atoms with Crippen LogP contribution < -0.4 is 11.3 Å². The van der Waals surface area contributed by atoms with Crippen LogP contribution in [0.1, 0.15) is 21.5 Å². The van der Waals surface area contributed by atoms with E-state index in [0.29, 0.717) is 16.7 Å². The lowest BCUT2D eigenvalue weighted by molar-refractivity contribution is 0.0999. The van der Waals surface area contributed by atoms with Crippen molar-refractivity contribution < 1.29 is 4.79 Å². The van der Waals surface area contributed by atoms with E-state index in [9.17, 15) is 9.59 Å². The van der Waals surface area contributed by atoms with Gasteiger partial charge in [0.05, 0.1) is 5.56 Å². The third-order valence-corrected chi connectivity index (χ3v) is 1.78. The van der Waals surface area contributed by atoms with E-state index >= 15 is 0 Å². The van der Waals surface area contributed by atoms with Crippen LogP contribution >= 0.6 is 0 Å². The summed E-state index contributed by atoms with van der Waals surface area (Å²) in [4.78, 5) is 24.4. The Hall–Kier alpha value is -1.58. The Bertz CT molecular complexity index is 379. The second kappa shape index (κ2) is 2.81. The van der Waals surface area contributed by atoms with Gasteiger partial charge in [0.1, 0.15) is 0 Å². The van der Waals surface area contributed by atoms with Gasteiger partial charge in [-0.1, -0.05) is 0 Å². The van der Waals surface area contributed by atoms with Crippen LogP contribution in [0.2, 0.25) is 0 Å². The molecule has 0 aromatic carbocycles. The Kier molecular flexibility index (Phi) is 1.99. The summed E-state index contributed by atoms with van der Waals surface area (Å²) in [6, 6.07) is 0. The average Bonchev–Trinajstić information content (AvgIpc) is 1.97. The molecule has 0 aliphatic heterocycles. The monoisotopic (exact) mass is 166 g/mol. The molecule has 4 nitrogen and oxygen atoms in total. The average molecular weight is 166 g/mol. The van der Waals surface area contributed by atoms with E-state index in [1.54, 1.807) is 13.8 Å². The zero-order chi connectivity index (χ0) is 9.30. The molecule has 0 unspecified atom stereocenters. The quantitative estimate of drug-likeness (QED) is 0.620. The number of aromatic nitrogens is 1. The van der Waals surface area contributed by atoms with Crippen molar-refractivity contribution in [2.24, 2.45) is 5.73 Å². The van der Waals surface area contributed by atoms with Crippen molar-refractivity contribution in [1.82, 2.24) is 4.98 Å². The summed E-state index contributed by atoms with van der Waals surface area (Å²) in [7, 11) is 0. The smallest absolute Gasteiger partial charge is 0.251 e. The van der Waals surface area contributed by atoms with Gasteiger partial charge in [0.25, 0.3) is 5.56 Å². The molecule has 0 saturated heterocycles. The number of H-pyrrole nitrogens is 1. The van der Waals surface area contributed by atoms with E-state index in [4.69, 9.17) is 5.73 Å². The van der Waals surface area contributed by atoms with E-state index in [-0.39, 0.29) is 5.56 Å². The van der Waals surface area contributed by atoms with Gasteiger partial charge >= 0.3 is 0 Å². The molecule has 1 rings (SSSR count). The molecule has 12 heavy (non-hydrogen) atoms. The number of pyridine rings is 1. The van der Waals surface area contributed by atoms with Crippen LogP contribution in [0.4, 0.5) is 0 Å². The number of rotatable bonds is 1. The molecule has 0 radical (unpaired) electrons. The van der Waals surface area contributed by atoms with Gasteiger partial charge in [0.15, 0.2) is 0 Å². The first kappa shape index (κ1) is 8.52. The van der Waals surface area contributed by atoms with Crippen molar-refractivity contribution >= 4 is 5.91 Å². The molecule has 64 valence electrons. The van der Waals surface area contributed by atoms with Crippen molar-refractivity contribution in [3.8, 4) is 0 Å². The summed E-state index contributed by atoms with van der Waals surface area (Å²) in [6.45, 7) is 3.30. The Balaban J connectivity index is 3.54. The normalized spacial score (nSPS) is 9.83. The number of carbonyl (C=O) groups is 1.